The molecule has 0 radical (unpaired) electrons. The number of nitrogens with zero attached hydrogens (tertiary/aromatic N) is 2. The van der Waals surface area contributed by atoms with Crippen LogP contribution in [-0.2, 0) is 13.0 Å². The van der Waals surface area contributed by atoms with E-state index in [1.54, 1.807) is 0 Å². The minimum atomic E-state index is -0.221. The highest BCUT2D eigenvalue weighted by Crippen LogP contribution is 2.26. The topological polar surface area (TPSA) is 59.6 Å². The molecule has 0 aliphatic carbocycles. The van der Waals surface area contributed by atoms with Crippen molar-refractivity contribution >= 4 is 33.5 Å². The third kappa shape index (κ3) is 3.41. The highest BCUT2D eigenvalue weighted by molar-refractivity contribution is 6.30. The molecule has 0 spiro atoms. The molecule has 2 heterocycles. The molecule has 144 valence electrons. The number of benzene rings is 3. The number of H-pyrrole nitrogens is 1. The Morgan fingerprint density at radius 3 is 2.72 bits per heavy atom. The van der Waals surface area contributed by atoms with Gasteiger partial charge < -0.3 is 15.3 Å². The van der Waals surface area contributed by atoms with Crippen molar-refractivity contribution in [3.63, 3.8) is 0 Å². The molecule has 2 aromatic heterocycles. The monoisotopic (exact) mass is 400 g/mol. The Hall–Kier alpha value is -3.08. The van der Waals surface area contributed by atoms with E-state index in [0.29, 0.717) is 13.0 Å². The first-order valence-electron chi connectivity index (χ1n) is 9.69. The molecule has 3 aromatic carbocycles. The van der Waals surface area contributed by atoms with E-state index in [1.807, 2.05) is 42.5 Å². The molecule has 0 saturated carbocycles. The van der Waals surface area contributed by atoms with Crippen LogP contribution >= 0.6 is 11.6 Å². The predicted molar refractivity (Wildman–Crippen MR) is 119 cm³/mol. The SMILES string of the molecule is NC(Cc1c[nH]c2ccccc12)c1nc2ccccc2n1Cc1cccc(Cl)c1. The maximum absolute atomic E-state index is 6.70. The second kappa shape index (κ2) is 7.39. The van der Waals surface area contributed by atoms with Gasteiger partial charge in [-0.1, -0.05) is 54.1 Å². The van der Waals surface area contributed by atoms with Crippen LogP contribution in [0.25, 0.3) is 21.9 Å². The smallest absolute Gasteiger partial charge is 0.127 e. The number of imidazole rings is 1. The number of para-hydroxylation sites is 3. The van der Waals surface area contributed by atoms with Crippen molar-refractivity contribution in [3.05, 3.63) is 101 Å². The maximum atomic E-state index is 6.70. The average Bonchev–Trinajstić information content (AvgIpc) is 3.30. The molecular weight excluding hydrogens is 380 g/mol. The largest absolute Gasteiger partial charge is 0.361 e. The zero-order valence-electron chi connectivity index (χ0n) is 15.8. The Bertz CT molecular complexity index is 1300. The number of aromatic amines is 1. The van der Waals surface area contributed by atoms with Crippen molar-refractivity contribution in [2.24, 2.45) is 5.73 Å². The molecule has 5 heteroatoms. The van der Waals surface area contributed by atoms with Gasteiger partial charge in [-0.15, -0.1) is 0 Å². The number of rotatable bonds is 5. The van der Waals surface area contributed by atoms with Crippen molar-refractivity contribution in [2.75, 3.05) is 0 Å². The van der Waals surface area contributed by atoms with E-state index < -0.39 is 0 Å². The number of nitrogens with two attached hydrogens (primary N) is 1. The minimum Gasteiger partial charge on any atom is -0.361 e. The lowest BCUT2D eigenvalue weighted by molar-refractivity contribution is 0.620. The molecule has 4 nitrogen and oxygen atoms in total. The fourth-order valence-corrected chi connectivity index (χ4v) is 4.20. The first-order chi connectivity index (χ1) is 14.2. The zero-order chi connectivity index (χ0) is 19.8. The van der Waals surface area contributed by atoms with Crippen LogP contribution in [-0.4, -0.2) is 14.5 Å². The van der Waals surface area contributed by atoms with Gasteiger partial charge in [-0.3, -0.25) is 0 Å². The molecule has 1 atom stereocenters. The van der Waals surface area contributed by atoms with E-state index in [-0.39, 0.29) is 6.04 Å². The molecule has 5 rings (SSSR count). The highest BCUT2D eigenvalue weighted by atomic mass is 35.5. The van der Waals surface area contributed by atoms with Gasteiger partial charge in [0.1, 0.15) is 5.82 Å². The molecule has 3 N–H and O–H groups in total. The van der Waals surface area contributed by atoms with Crippen LogP contribution < -0.4 is 5.73 Å². The van der Waals surface area contributed by atoms with E-state index >= 15 is 0 Å². The van der Waals surface area contributed by atoms with Crippen LogP contribution in [0.3, 0.4) is 0 Å². The lowest BCUT2D eigenvalue weighted by atomic mass is 10.0. The Morgan fingerprint density at radius 1 is 1.00 bits per heavy atom. The second-order valence-corrected chi connectivity index (χ2v) is 7.78. The first kappa shape index (κ1) is 18.0. The van der Waals surface area contributed by atoms with Crippen LogP contribution in [0.15, 0.2) is 79.0 Å². The van der Waals surface area contributed by atoms with Crippen molar-refractivity contribution < 1.29 is 0 Å². The lowest BCUT2D eigenvalue weighted by Crippen LogP contribution is -2.19. The predicted octanol–water partition coefficient (Wildman–Crippen LogP) is 5.46. The van der Waals surface area contributed by atoms with Gasteiger partial charge in [-0.2, -0.15) is 0 Å². The summed E-state index contributed by atoms with van der Waals surface area (Å²) in [4.78, 5) is 8.22. The summed E-state index contributed by atoms with van der Waals surface area (Å²) in [5, 5.41) is 1.94. The molecule has 5 aromatic rings. The van der Waals surface area contributed by atoms with Gasteiger partial charge in [0, 0.05) is 28.7 Å². The highest BCUT2D eigenvalue weighted by Gasteiger charge is 2.19. The zero-order valence-corrected chi connectivity index (χ0v) is 16.6. The van der Waals surface area contributed by atoms with Crippen molar-refractivity contribution in [3.8, 4) is 0 Å². The van der Waals surface area contributed by atoms with Gasteiger partial charge in [0.2, 0.25) is 0 Å². The van der Waals surface area contributed by atoms with E-state index in [1.165, 1.54) is 10.9 Å². The fraction of sp³-hybridized carbons (Fsp3) is 0.125. The average molecular weight is 401 g/mol. The van der Waals surface area contributed by atoms with E-state index in [2.05, 4.69) is 46.1 Å². The van der Waals surface area contributed by atoms with Crippen LogP contribution in [0.1, 0.15) is 23.0 Å². The number of fused-ring (bicyclic) bond motifs is 2. The van der Waals surface area contributed by atoms with Crippen molar-refractivity contribution in [2.45, 2.75) is 19.0 Å². The van der Waals surface area contributed by atoms with Crippen molar-refractivity contribution in [1.29, 1.82) is 0 Å². The third-order valence-corrected chi connectivity index (χ3v) is 5.60. The molecule has 29 heavy (non-hydrogen) atoms. The summed E-state index contributed by atoms with van der Waals surface area (Å²) in [6.45, 7) is 0.679. The van der Waals surface area contributed by atoms with Gasteiger partial charge >= 0.3 is 0 Å². The molecule has 0 fully saturated rings. The number of hydrogen-bond acceptors (Lipinski definition) is 2. The maximum Gasteiger partial charge on any atom is 0.127 e. The number of halogens is 1. The number of nitrogens with one attached hydrogen (secondary N) is 1. The summed E-state index contributed by atoms with van der Waals surface area (Å²) in [6, 6.07) is 24.2. The van der Waals surface area contributed by atoms with E-state index in [9.17, 15) is 0 Å². The number of aromatic nitrogens is 3. The Kier molecular flexibility index (Phi) is 4.58. The summed E-state index contributed by atoms with van der Waals surface area (Å²) in [7, 11) is 0. The molecule has 0 bridgehead atoms. The van der Waals surface area contributed by atoms with Gasteiger partial charge in [-0.25, -0.2) is 4.98 Å². The first-order valence-corrected chi connectivity index (χ1v) is 10.1. The summed E-state index contributed by atoms with van der Waals surface area (Å²) in [6.07, 6.45) is 2.76. The molecule has 0 saturated heterocycles. The minimum absolute atomic E-state index is 0.221. The van der Waals surface area contributed by atoms with Crippen LogP contribution in [0.2, 0.25) is 5.02 Å². The molecular formula is C24H21ClN4. The summed E-state index contributed by atoms with van der Waals surface area (Å²) < 4.78 is 2.21. The Morgan fingerprint density at radius 2 is 1.83 bits per heavy atom. The molecule has 0 aliphatic heterocycles. The third-order valence-electron chi connectivity index (χ3n) is 5.36. The summed E-state index contributed by atoms with van der Waals surface area (Å²) >= 11 is 6.20. The Balaban J connectivity index is 1.55. The van der Waals surface area contributed by atoms with E-state index in [4.69, 9.17) is 22.3 Å². The fourth-order valence-electron chi connectivity index (χ4n) is 3.99. The van der Waals surface area contributed by atoms with Crippen LogP contribution in [0.5, 0.6) is 0 Å². The van der Waals surface area contributed by atoms with Crippen molar-refractivity contribution in [1.82, 2.24) is 14.5 Å². The molecule has 0 amide bonds. The summed E-state index contributed by atoms with van der Waals surface area (Å²) in [5.74, 6) is 0.886. The summed E-state index contributed by atoms with van der Waals surface area (Å²) in [5.41, 5.74) is 12.2. The van der Waals surface area contributed by atoms with Gasteiger partial charge in [0.15, 0.2) is 0 Å². The second-order valence-electron chi connectivity index (χ2n) is 7.34. The van der Waals surface area contributed by atoms with Gasteiger partial charge in [0.05, 0.1) is 17.1 Å². The lowest BCUT2D eigenvalue weighted by Gasteiger charge is -2.15. The van der Waals surface area contributed by atoms with Gasteiger partial charge in [-0.05, 0) is 47.9 Å². The standard InChI is InChI=1S/C24H21ClN4/c25-18-7-5-6-16(12-18)15-29-23-11-4-3-10-22(23)28-24(29)20(26)13-17-14-27-21-9-2-1-8-19(17)21/h1-12,14,20,27H,13,15,26H2. The Labute approximate surface area is 173 Å². The normalized spacial score (nSPS) is 12.6. The molecule has 0 aliphatic rings. The molecule has 1 unspecified atom stereocenters. The van der Waals surface area contributed by atoms with Crippen LogP contribution in [0, 0.1) is 0 Å². The van der Waals surface area contributed by atoms with Crippen LogP contribution in [0.4, 0.5) is 0 Å². The van der Waals surface area contributed by atoms with E-state index in [0.717, 1.165) is 33.0 Å². The van der Waals surface area contributed by atoms with Gasteiger partial charge in [0.25, 0.3) is 0 Å². The quantitative estimate of drug-likeness (QED) is 0.411. The number of hydrogen-bond donors (Lipinski definition) is 2.